The van der Waals surface area contributed by atoms with E-state index >= 15 is 0 Å². The minimum Gasteiger partial charge on any atom is -0.392 e. The third-order valence-electron chi connectivity index (χ3n) is 3.39. The number of nitrogens with zero attached hydrogens (tertiary/aromatic N) is 1. The van der Waals surface area contributed by atoms with Crippen LogP contribution in [0.4, 0.5) is 0 Å². The molecule has 0 aliphatic carbocycles. The summed E-state index contributed by atoms with van der Waals surface area (Å²) in [7, 11) is -3.65. The summed E-state index contributed by atoms with van der Waals surface area (Å²) in [6.07, 6.45) is 3.25. The van der Waals surface area contributed by atoms with E-state index in [1.807, 2.05) is 0 Å². The highest BCUT2D eigenvalue weighted by Gasteiger charge is 2.21. The zero-order chi connectivity index (χ0) is 15.5. The summed E-state index contributed by atoms with van der Waals surface area (Å²) in [6, 6.07) is 8.05. The lowest BCUT2D eigenvalue weighted by Crippen LogP contribution is -2.27. The Morgan fingerprint density at radius 1 is 1.24 bits per heavy atom. The fourth-order valence-corrected chi connectivity index (χ4v) is 3.66. The second kappa shape index (κ2) is 6.34. The van der Waals surface area contributed by atoms with Gasteiger partial charge >= 0.3 is 0 Å². The van der Waals surface area contributed by atoms with E-state index in [1.165, 1.54) is 6.07 Å². The largest absolute Gasteiger partial charge is 0.392 e. The molecule has 5 nitrogen and oxygen atoms in total. The lowest BCUT2D eigenvalue weighted by molar-refractivity contribution is 0.280. The van der Waals surface area contributed by atoms with Gasteiger partial charge in [0.2, 0.25) is 10.0 Å². The van der Waals surface area contributed by atoms with Gasteiger partial charge in [0.05, 0.1) is 11.5 Å². The van der Waals surface area contributed by atoms with Crippen LogP contribution in [0.5, 0.6) is 0 Å². The first-order chi connectivity index (χ1) is 9.95. The van der Waals surface area contributed by atoms with Gasteiger partial charge in [-0.05, 0) is 48.7 Å². The van der Waals surface area contributed by atoms with Crippen molar-refractivity contribution in [2.24, 2.45) is 0 Å². The highest BCUT2D eigenvalue weighted by atomic mass is 32.2. The summed E-state index contributed by atoms with van der Waals surface area (Å²) in [5.74, 6) is 0. The number of sulfonamides is 1. The van der Waals surface area contributed by atoms with Crippen LogP contribution in [0.15, 0.2) is 47.6 Å². The van der Waals surface area contributed by atoms with Gasteiger partial charge in [-0.15, -0.1) is 0 Å². The van der Waals surface area contributed by atoms with E-state index in [9.17, 15) is 13.5 Å². The van der Waals surface area contributed by atoms with Crippen LogP contribution < -0.4 is 4.72 Å². The topological polar surface area (TPSA) is 79.3 Å². The van der Waals surface area contributed by atoms with E-state index in [0.717, 1.165) is 5.56 Å². The molecule has 6 heteroatoms. The summed E-state index contributed by atoms with van der Waals surface area (Å²) in [5.41, 5.74) is 2.01. The normalized spacial score (nSPS) is 13.1. The Morgan fingerprint density at radius 2 is 1.90 bits per heavy atom. The van der Waals surface area contributed by atoms with Gasteiger partial charge in [-0.25, -0.2) is 13.1 Å². The van der Waals surface area contributed by atoms with E-state index in [4.69, 9.17) is 0 Å². The summed E-state index contributed by atoms with van der Waals surface area (Å²) in [6.45, 7) is 3.28. The lowest BCUT2D eigenvalue weighted by Gasteiger charge is -2.16. The maximum atomic E-state index is 12.5. The van der Waals surface area contributed by atoms with Crippen molar-refractivity contribution in [3.8, 4) is 0 Å². The molecule has 1 heterocycles. The molecule has 0 amide bonds. The lowest BCUT2D eigenvalue weighted by atomic mass is 10.1. The summed E-state index contributed by atoms with van der Waals surface area (Å²) in [4.78, 5) is 4.10. The molecule has 1 aromatic carbocycles. The number of pyridine rings is 1. The molecule has 0 spiro atoms. The predicted molar refractivity (Wildman–Crippen MR) is 80.1 cm³/mol. The summed E-state index contributed by atoms with van der Waals surface area (Å²) in [5, 5.41) is 9.25. The fourth-order valence-electron chi connectivity index (χ4n) is 2.14. The highest BCUT2D eigenvalue weighted by molar-refractivity contribution is 7.89. The fraction of sp³-hybridized carbons (Fsp3) is 0.267. The number of nitrogens with one attached hydrogen (secondary N) is 1. The molecule has 1 atom stereocenters. The molecule has 0 saturated carbocycles. The molecule has 2 rings (SSSR count). The Hall–Kier alpha value is -1.76. The quantitative estimate of drug-likeness (QED) is 0.884. The minimum absolute atomic E-state index is 0.185. The Morgan fingerprint density at radius 3 is 2.52 bits per heavy atom. The van der Waals surface area contributed by atoms with Crippen molar-refractivity contribution >= 4 is 10.0 Å². The van der Waals surface area contributed by atoms with Gasteiger partial charge in [-0.1, -0.05) is 12.1 Å². The van der Waals surface area contributed by atoms with Crippen molar-refractivity contribution < 1.29 is 13.5 Å². The molecule has 21 heavy (non-hydrogen) atoms. The predicted octanol–water partition coefficient (Wildman–Crippen LogP) is 1.92. The molecule has 0 aliphatic rings. The van der Waals surface area contributed by atoms with Gasteiger partial charge in [-0.3, -0.25) is 4.98 Å². The number of aliphatic hydroxyl groups is 1. The first kappa shape index (κ1) is 15.6. The van der Waals surface area contributed by atoms with Crippen molar-refractivity contribution in [2.45, 2.75) is 31.4 Å². The van der Waals surface area contributed by atoms with Gasteiger partial charge in [0.15, 0.2) is 0 Å². The Labute approximate surface area is 124 Å². The SMILES string of the molecule is Cc1c(CO)cccc1S(=O)(=O)NC(C)c1ccncc1. The van der Waals surface area contributed by atoms with Crippen molar-refractivity contribution in [3.05, 3.63) is 59.4 Å². The number of aliphatic hydroxyl groups excluding tert-OH is 1. The number of hydrogen-bond acceptors (Lipinski definition) is 4. The zero-order valence-electron chi connectivity index (χ0n) is 11.9. The van der Waals surface area contributed by atoms with E-state index in [1.54, 1.807) is 50.5 Å². The number of benzene rings is 1. The molecular formula is C15H18N2O3S. The molecule has 1 unspecified atom stereocenters. The van der Waals surface area contributed by atoms with Crippen LogP contribution in [0.2, 0.25) is 0 Å². The van der Waals surface area contributed by atoms with Crippen LogP contribution in [0.3, 0.4) is 0 Å². The average Bonchev–Trinajstić information content (AvgIpc) is 2.47. The van der Waals surface area contributed by atoms with Crippen molar-refractivity contribution in [2.75, 3.05) is 0 Å². The van der Waals surface area contributed by atoms with Gasteiger partial charge in [0, 0.05) is 18.4 Å². The Kier molecular flexibility index (Phi) is 4.72. The van der Waals surface area contributed by atoms with Crippen LogP contribution in [-0.4, -0.2) is 18.5 Å². The second-order valence-corrected chi connectivity index (χ2v) is 6.50. The smallest absolute Gasteiger partial charge is 0.241 e. The monoisotopic (exact) mass is 306 g/mol. The summed E-state index contributed by atoms with van der Waals surface area (Å²) < 4.78 is 27.6. The van der Waals surface area contributed by atoms with Crippen molar-refractivity contribution in [1.82, 2.24) is 9.71 Å². The molecule has 0 fully saturated rings. The molecule has 1 aromatic heterocycles. The standard InChI is InChI=1S/C15H18N2O3S/c1-11-14(10-18)4-3-5-15(11)21(19,20)17-12(2)13-6-8-16-9-7-13/h3-9,12,17-18H,10H2,1-2H3. The first-order valence-corrected chi connectivity index (χ1v) is 8.05. The Bertz CT molecular complexity index is 715. The number of rotatable bonds is 5. The van der Waals surface area contributed by atoms with E-state index in [2.05, 4.69) is 9.71 Å². The molecule has 112 valence electrons. The molecule has 2 aromatic rings. The number of hydrogen-bond donors (Lipinski definition) is 2. The van der Waals surface area contributed by atoms with Gasteiger partial charge in [0.1, 0.15) is 0 Å². The molecule has 2 N–H and O–H groups in total. The number of aromatic nitrogens is 1. The third kappa shape index (κ3) is 3.47. The third-order valence-corrected chi connectivity index (χ3v) is 5.08. The van der Waals surface area contributed by atoms with Crippen molar-refractivity contribution in [1.29, 1.82) is 0 Å². The Balaban J connectivity index is 2.31. The van der Waals surface area contributed by atoms with Crippen LogP contribution in [0.25, 0.3) is 0 Å². The molecular weight excluding hydrogens is 288 g/mol. The van der Waals surface area contributed by atoms with Crippen LogP contribution >= 0.6 is 0 Å². The molecule has 0 aliphatic heterocycles. The van der Waals surface area contributed by atoms with Gasteiger partial charge < -0.3 is 5.11 Å². The summed E-state index contributed by atoms with van der Waals surface area (Å²) >= 11 is 0. The van der Waals surface area contributed by atoms with Crippen molar-refractivity contribution in [3.63, 3.8) is 0 Å². The minimum atomic E-state index is -3.65. The van der Waals surface area contributed by atoms with Crippen LogP contribution in [-0.2, 0) is 16.6 Å². The second-order valence-electron chi connectivity index (χ2n) is 4.82. The maximum absolute atomic E-state index is 12.5. The van der Waals surface area contributed by atoms with E-state index in [0.29, 0.717) is 11.1 Å². The average molecular weight is 306 g/mol. The highest BCUT2D eigenvalue weighted by Crippen LogP contribution is 2.21. The van der Waals surface area contributed by atoms with E-state index < -0.39 is 10.0 Å². The van der Waals surface area contributed by atoms with Crippen LogP contribution in [0.1, 0.15) is 29.7 Å². The molecule has 0 radical (unpaired) electrons. The maximum Gasteiger partial charge on any atom is 0.241 e. The van der Waals surface area contributed by atoms with Gasteiger partial charge in [-0.2, -0.15) is 0 Å². The van der Waals surface area contributed by atoms with E-state index in [-0.39, 0.29) is 17.5 Å². The molecule has 0 bridgehead atoms. The zero-order valence-corrected chi connectivity index (χ0v) is 12.8. The molecule has 0 saturated heterocycles. The first-order valence-electron chi connectivity index (χ1n) is 6.57. The van der Waals surface area contributed by atoms with Gasteiger partial charge in [0.25, 0.3) is 0 Å². The van der Waals surface area contributed by atoms with Crippen LogP contribution in [0, 0.1) is 6.92 Å².